The van der Waals surface area contributed by atoms with E-state index in [1.807, 2.05) is 20.8 Å². The van der Waals surface area contributed by atoms with Crippen LogP contribution in [0.1, 0.15) is 52.0 Å². The number of piperidine rings is 1. The van der Waals surface area contributed by atoms with Gasteiger partial charge in [-0.3, -0.25) is 4.79 Å². The number of benzene rings is 1. The minimum atomic E-state index is -1.53. The van der Waals surface area contributed by atoms with Crippen molar-refractivity contribution in [3.63, 3.8) is 0 Å². The van der Waals surface area contributed by atoms with Gasteiger partial charge in [-0.05, 0) is 64.2 Å². The van der Waals surface area contributed by atoms with Crippen molar-refractivity contribution >= 4 is 11.9 Å². The van der Waals surface area contributed by atoms with Crippen LogP contribution in [0, 0.1) is 23.4 Å². The summed E-state index contributed by atoms with van der Waals surface area (Å²) in [5.74, 6) is -4.54. The molecule has 1 aromatic rings. The maximum atomic E-state index is 13.4. The molecule has 1 amide bonds. The molecule has 0 aliphatic carbocycles. The third kappa shape index (κ3) is 4.28. The Bertz CT molecular complexity index is 722. The summed E-state index contributed by atoms with van der Waals surface area (Å²) in [7, 11) is 0. The molecule has 3 rings (SSSR count). The van der Waals surface area contributed by atoms with Gasteiger partial charge in [0.05, 0.1) is 0 Å². The van der Waals surface area contributed by atoms with Crippen LogP contribution in [0.15, 0.2) is 12.1 Å². The molecule has 0 radical (unpaired) electrons. The standard InChI is InChI=1S/C20H24F3NO3/c1-20(2,3)27-19(26)24-13-4-5-14(24)10-12(9-13)17(25)8-11-6-15(21)18(23)16(22)7-11/h6-7,12-14H,4-5,8-10H2,1-3H3. The number of Topliss-reactive ketones (excluding diaryl/α,β-unsaturated/α-hetero) is 1. The van der Waals surface area contributed by atoms with Crippen LogP contribution in [0.2, 0.25) is 0 Å². The van der Waals surface area contributed by atoms with Gasteiger partial charge in [0.25, 0.3) is 0 Å². The molecule has 2 aliphatic heterocycles. The van der Waals surface area contributed by atoms with E-state index in [-0.39, 0.29) is 41.9 Å². The van der Waals surface area contributed by atoms with Crippen molar-refractivity contribution in [3.05, 3.63) is 35.1 Å². The van der Waals surface area contributed by atoms with Crippen LogP contribution in [0.25, 0.3) is 0 Å². The molecule has 2 bridgehead atoms. The highest BCUT2D eigenvalue weighted by Gasteiger charge is 2.46. The Morgan fingerprint density at radius 2 is 1.59 bits per heavy atom. The highest BCUT2D eigenvalue weighted by Crippen LogP contribution is 2.40. The lowest BCUT2D eigenvalue weighted by Gasteiger charge is -2.39. The summed E-state index contributed by atoms with van der Waals surface area (Å²) in [6.45, 7) is 5.43. The second kappa shape index (κ2) is 7.17. The molecule has 2 heterocycles. The van der Waals surface area contributed by atoms with E-state index in [4.69, 9.17) is 4.74 Å². The molecule has 27 heavy (non-hydrogen) atoms. The topological polar surface area (TPSA) is 46.6 Å². The van der Waals surface area contributed by atoms with Crippen molar-refractivity contribution in [2.45, 2.75) is 70.6 Å². The van der Waals surface area contributed by atoms with Gasteiger partial charge in [-0.2, -0.15) is 0 Å². The van der Waals surface area contributed by atoms with Crippen LogP contribution in [0.4, 0.5) is 18.0 Å². The number of fused-ring (bicyclic) bond motifs is 2. The monoisotopic (exact) mass is 383 g/mol. The van der Waals surface area contributed by atoms with E-state index in [0.29, 0.717) is 12.8 Å². The van der Waals surface area contributed by atoms with E-state index >= 15 is 0 Å². The maximum Gasteiger partial charge on any atom is 0.410 e. The van der Waals surface area contributed by atoms with Crippen molar-refractivity contribution in [1.29, 1.82) is 0 Å². The highest BCUT2D eigenvalue weighted by atomic mass is 19.2. The number of halogens is 3. The molecule has 2 atom stereocenters. The predicted octanol–water partition coefficient (Wildman–Crippen LogP) is 4.39. The van der Waals surface area contributed by atoms with Gasteiger partial charge < -0.3 is 9.64 Å². The van der Waals surface area contributed by atoms with Crippen LogP contribution in [-0.4, -0.2) is 34.5 Å². The minimum Gasteiger partial charge on any atom is -0.444 e. The third-order valence-corrected chi connectivity index (χ3v) is 5.21. The number of amides is 1. The zero-order chi connectivity index (χ0) is 19.9. The van der Waals surface area contributed by atoms with Crippen molar-refractivity contribution in [1.82, 2.24) is 4.90 Å². The molecule has 148 valence electrons. The molecule has 0 saturated carbocycles. The minimum absolute atomic E-state index is 0.0609. The summed E-state index contributed by atoms with van der Waals surface area (Å²) in [5, 5.41) is 0. The van der Waals surface area contributed by atoms with E-state index in [2.05, 4.69) is 0 Å². The van der Waals surface area contributed by atoms with Crippen LogP contribution < -0.4 is 0 Å². The lowest BCUT2D eigenvalue weighted by Crippen LogP contribution is -2.49. The largest absolute Gasteiger partial charge is 0.444 e. The summed E-state index contributed by atoms with van der Waals surface area (Å²) < 4.78 is 45.3. The highest BCUT2D eigenvalue weighted by molar-refractivity contribution is 5.84. The van der Waals surface area contributed by atoms with Gasteiger partial charge >= 0.3 is 6.09 Å². The normalized spacial score (nSPS) is 24.8. The number of ketones is 1. The van der Waals surface area contributed by atoms with Crippen molar-refractivity contribution in [2.75, 3.05) is 0 Å². The number of carbonyl (C=O) groups is 2. The molecular formula is C20H24F3NO3. The summed E-state index contributed by atoms with van der Waals surface area (Å²) >= 11 is 0. The van der Waals surface area contributed by atoms with Gasteiger partial charge in [0.1, 0.15) is 11.4 Å². The second-order valence-electron chi connectivity index (χ2n) is 8.46. The number of carbonyl (C=O) groups excluding carboxylic acids is 2. The molecule has 4 nitrogen and oxygen atoms in total. The molecular weight excluding hydrogens is 359 g/mol. The smallest absolute Gasteiger partial charge is 0.410 e. The van der Waals surface area contributed by atoms with E-state index in [9.17, 15) is 22.8 Å². The zero-order valence-corrected chi connectivity index (χ0v) is 15.7. The molecule has 0 N–H and O–H groups in total. The van der Waals surface area contributed by atoms with Crippen LogP contribution in [0.3, 0.4) is 0 Å². The average molecular weight is 383 g/mol. The Morgan fingerprint density at radius 1 is 1.07 bits per heavy atom. The van der Waals surface area contributed by atoms with Gasteiger partial charge in [-0.1, -0.05) is 0 Å². The number of nitrogens with zero attached hydrogens (tertiary/aromatic N) is 1. The molecule has 0 aromatic heterocycles. The van der Waals surface area contributed by atoms with Crippen LogP contribution in [0.5, 0.6) is 0 Å². The lowest BCUT2D eigenvalue weighted by atomic mass is 9.85. The fraction of sp³-hybridized carbons (Fsp3) is 0.600. The quantitative estimate of drug-likeness (QED) is 0.727. The summed E-state index contributed by atoms with van der Waals surface area (Å²) in [5.41, 5.74) is -0.460. The van der Waals surface area contributed by atoms with Crippen LogP contribution >= 0.6 is 0 Å². The SMILES string of the molecule is CC(C)(C)OC(=O)N1C2CCC1CC(C(=O)Cc1cc(F)c(F)c(F)c1)C2. The van der Waals surface area contributed by atoms with Gasteiger partial charge in [-0.15, -0.1) is 0 Å². The van der Waals surface area contributed by atoms with E-state index in [1.54, 1.807) is 4.90 Å². The van der Waals surface area contributed by atoms with Gasteiger partial charge in [-0.25, -0.2) is 18.0 Å². The second-order valence-corrected chi connectivity index (χ2v) is 8.46. The number of rotatable bonds is 3. The first-order valence-electron chi connectivity index (χ1n) is 9.22. The Labute approximate surface area is 156 Å². The Morgan fingerprint density at radius 3 is 2.07 bits per heavy atom. The molecule has 7 heteroatoms. The van der Waals surface area contributed by atoms with Crippen LogP contribution in [-0.2, 0) is 16.0 Å². The van der Waals surface area contributed by atoms with E-state index in [1.165, 1.54) is 0 Å². The van der Waals surface area contributed by atoms with Gasteiger partial charge in [0.15, 0.2) is 17.5 Å². The zero-order valence-electron chi connectivity index (χ0n) is 15.7. The maximum absolute atomic E-state index is 13.4. The fourth-order valence-corrected chi connectivity index (χ4v) is 4.11. The van der Waals surface area contributed by atoms with Crippen molar-refractivity contribution in [3.8, 4) is 0 Å². The van der Waals surface area contributed by atoms with Crippen molar-refractivity contribution in [2.24, 2.45) is 5.92 Å². The Kier molecular flexibility index (Phi) is 5.23. The number of ether oxygens (including phenoxy) is 1. The van der Waals surface area contributed by atoms with E-state index < -0.39 is 23.1 Å². The Hall–Kier alpha value is -2.05. The summed E-state index contributed by atoms with van der Waals surface area (Å²) in [6.07, 6.45) is 2.15. The first-order chi connectivity index (χ1) is 12.5. The molecule has 2 aliphatic rings. The fourth-order valence-electron chi connectivity index (χ4n) is 4.11. The lowest BCUT2D eigenvalue weighted by molar-refractivity contribution is -0.124. The molecule has 1 aromatic carbocycles. The summed E-state index contributed by atoms with van der Waals surface area (Å²) in [4.78, 5) is 26.8. The number of hydrogen-bond acceptors (Lipinski definition) is 3. The Balaban J connectivity index is 1.66. The first kappa shape index (κ1) is 19.7. The first-order valence-corrected chi connectivity index (χ1v) is 9.22. The van der Waals surface area contributed by atoms with Gasteiger partial charge in [0, 0.05) is 24.4 Å². The number of hydrogen-bond donors (Lipinski definition) is 0. The third-order valence-electron chi connectivity index (χ3n) is 5.21. The summed E-state index contributed by atoms with van der Waals surface area (Å²) in [6, 6.07) is 1.60. The molecule has 2 unspecified atom stereocenters. The molecule has 0 spiro atoms. The van der Waals surface area contributed by atoms with Gasteiger partial charge in [0.2, 0.25) is 0 Å². The molecule has 2 saturated heterocycles. The van der Waals surface area contributed by atoms with E-state index in [0.717, 1.165) is 25.0 Å². The predicted molar refractivity (Wildman–Crippen MR) is 92.6 cm³/mol. The average Bonchev–Trinajstić information content (AvgIpc) is 2.81. The molecule has 2 fully saturated rings. The van der Waals surface area contributed by atoms with Crippen molar-refractivity contribution < 1.29 is 27.5 Å².